The molecule has 1 rings (SSSR count). The summed E-state index contributed by atoms with van der Waals surface area (Å²) in [7, 11) is 0. The van der Waals surface area contributed by atoms with Gasteiger partial charge in [-0.2, -0.15) is 11.8 Å². The van der Waals surface area contributed by atoms with E-state index in [0.717, 1.165) is 21.4 Å². The Bertz CT molecular complexity index is 283. The average Bonchev–Trinajstić information content (AvgIpc) is 2.53. The maximum absolute atomic E-state index is 7.20. The third kappa shape index (κ3) is 3.36. The van der Waals surface area contributed by atoms with E-state index in [1.54, 1.807) is 6.20 Å². The number of nitrogens with zero attached hydrogens (tertiary/aromatic N) is 1. The molecular weight excluding hydrogens is 202 g/mol. The monoisotopic (exact) mass is 215 g/mol. The van der Waals surface area contributed by atoms with Gasteiger partial charge >= 0.3 is 0 Å². The molecule has 3 nitrogen and oxygen atoms in total. The number of nitrogen functional groups attached to an aromatic ring is 1. The topological polar surface area (TPSA) is 62.8 Å². The summed E-state index contributed by atoms with van der Waals surface area (Å²) in [6.45, 7) is 2.16. The van der Waals surface area contributed by atoms with Crippen LogP contribution < -0.4 is 5.73 Å². The van der Waals surface area contributed by atoms with Crippen LogP contribution in [0.4, 0.5) is 0 Å². The third-order valence-corrected chi connectivity index (χ3v) is 3.78. The van der Waals surface area contributed by atoms with E-state index < -0.39 is 0 Å². The summed E-state index contributed by atoms with van der Waals surface area (Å²) >= 11 is 3.38. The molecule has 1 aromatic heterocycles. The van der Waals surface area contributed by atoms with E-state index in [1.807, 2.05) is 11.8 Å². The molecule has 13 heavy (non-hydrogen) atoms. The van der Waals surface area contributed by atoms with Gasteiger partial charge < -0.3 is 5.73 Å². The van der Waals surface area contributed by atoms with E-state index in [2.05, 4.69) is 11.9 Å². The SMILES string of the molecule is CCCSCc1ncc(C(=N)N)s1. The molecule has 5 heteroatoms. The van der Waals surface area contributed by atoms with Crippen LogP contribution in [0, 0.1) is 5.41 Å². The lowest BCUT2D eigenvalue weighted by atomic mass is 10.5. The lowest BCUT2D eigenvalue weighted by Crippen LogP contribution is -2.08. The second kappa shape index (κ2) is 5.24. The Labute approximate surface area is 86.3 Å². The highest BCUT2D eigenvalue weighted by Crippen LogP contribution is 2.18. The summed E-state index contributed by atoms with van der Waals surface area (Å²) in [5, 5.41) is 8.26. The van der Waals surface area contributed by atoms with Gasteiger partial charge in [-0.15, -0.1) is 11.3 Å². The minimum Gasteiger partial charge on any atom is -0.383 e. The lowest BCUT2D eigenvalue weighted by molar-refractivity contribution is 1.10. The molecule has 0 fully saturated rings. The van der Waals surface area contributed by atoms with Crippen molar-refractivity contribution in [2.75, 3.05) is 5.75 Å². The molecule has 1 aromatic rings. The number of thiazole rings is 1. The highest BCUT2D eigenvalue weighted by Gasteiger charge is 2.03. The van der Waals surface area contributed by atoms with Crippen LogP contribution in [-0.4, -0.2) is 16.6 Å². The van der Waals surface area contributed by atoms with Gasteiger partial charge in [0.05, 0.1) is 4.88 Å². The molecule has 0 aliphatic carbocycles. The normalized spacial score (nSPS) is 10.2. The number of hydrogen-bond donors (Lipinski definition) is 2. The molecule has 3 N–H and O–H groups in total. The fraction of sp³-hybridized carbons (Fsp3) is 0.500. The van der Waals surface area contributed by atoms with Crippen molar-refractivity contribution in [3.63, 3.8) is 0 Å². The predicted octanol–water partition coefficient (Wildman–Crippen LogP) is 2.07. The number of aromatic nitrogens is 1. The van der Waals surface area contributed by atoms with Crippen molar-refractivity contribution in [1.29, 1.82) is 5.41 Å². The second-order valence-electron chi connectivity index (χ2n) is 2.58. The number of thioether (sulfide) groups is 1. The molecule has 0 unspecified atom stereocenters. The fourth-order valence-electron chi connectivity index (χ4n) is 0.805. The number of nitrogens with one attached hydrogen (secondary N) is 1. The van der Waals surface area contributed by atoms with Crippen LogP contribution in [0.3, 0.4) is 0 Å². The van der Waals surface area contributed by atoms with Crippen molar-refractivity contribution in [1.82, 2.24) is 4.98 Å². The Kier molecular flexibility index (Phi) is 4.24. The van der Waals surface area contributed by atoms with Crippen LogP contribution in [0.5, 0.6) is 0 Å². The zero-order valence-electron chi connectivity index (χ0n) is 7.54. The summed E-state index contributed by atoms with van der Waals surface area (Å²) in [5.41, 5.74) is 5.33. The first-order valence-corrected chi connectivity index (χ1v) is 6.08. The molecule has 1 heterocycles. The van der Waals surface area contributed by atoms with E-state index >= 15 is 0 Å². The number of rotatable bonds is 5. The van der Waals surface area contributed by atoms with Gasteiger partial charge in [-0.05, 0) is 12.2 Å². The van der Waals surface area contributed by atoms with E-state index in [4.69, 9.17) is 11.1 Å². The molecule has 0 saturated heterocycles. The first-order chi connectivity index (χ1) is 6.24. The van der Waals surface area contributed by atoms with Gasteiger partial charge in [0.1, 0.15) is 10.8 Å². The van der Waals surface area contributed by atoms with Crippen molar-refractivity contribution in [2.24, 2.45) is 5.73 Å². The molecule has 0 aromatic carbocycles. The van der Waals surface area contributed by atoms with Crippen LogP contribution in [-0.2, 0) is 5.75 Å². The molecule has 0 bridgehead atoms. The zero-order chi connectivity index (χ0) is 9.68. The molecule has 0 amide bonds. The van der Waals surface area contributed by atoms with Gasteiger partial charge in [0, 0.05) is 11.9 Å². The fourth-order valence-corrected chi connectivity index (χ4v) is 2.55. The highest BCUT2D eigenvalue weighted by atomic mass is 32.2. The predicted molar refractivity (Wildman–Crippen MR) is 59.6 cm³/mol. The van der Waals surface area contributed by atoms with Crippen molar-refractivity contribution in [3.05, 3.63) is 16.1 Å². The van der Waals surface area contributed by atoms with Gasteiger partial charge in [-0.3, -0.25) is 5.41 Å². The average molecular weight is 215 g/mol. The maximum Gasteiger partial charge on any atom is 0.134 e. The zero-order valence-corrected chi connectivity index (χ0v) is 9.17. The Morgan fingerprint density at radius 2 is 2.54 bits per heavy atom. The minimum absolute atomic E-state index is 0.115. The summed E-state index contributed by atoms with van der Waals surface area (Å²) in [4.78, 5) is 4.96. The molecule has 0 spiro atoms. The summed E-state index contributed by atoms with van der Waals surface area (Å²) in [5.74, 6) is 2.21. The molecule has 0 aliphatic rings. The van der Waals surface area contributed by atoms with Crippen LogP contribution >= 0.6 is 23.1 Å². The Hall–Kier alpha value is -0.550. The van der Waals surface area contributed by atoms with Crippen molar-refractivity contribution in [3.8, 4) is 0 Å². The van der Waals surface area contributed by atoms with Crippen molar-refractivity contribution < 1.29 is 0 Å². The first-order valence-electron chi connectivity index (χ1n) is 4.11. The quantitative estimate of drug-likeness (QED) is 0.449. The third-order valence-electron chi connectivity index (χ3n) is 1.39. The van der Waals surface area contributed by atoms with Crippen LogP contribution in [0.25, 0.3) is 0 Å². The van der Waals surface area contributed by atoms with E-state index in [1.165, 1.54) is 17.8 Å². The summed E-state index contributed by atoms with van der Waals surface area (Å²) in [6, 6.07) is 0. The minimum atomic E-state index is 0.115. The first kappa shape index (κ1) is 10.5. The molecule has 0 atom stereocenters. The van der Waals surface area contributed by atoms with Crippen LogP contribution in [0.1, 0.15) is 23.2 Å². The molecule has 0 aliphatic heterocycles. The number of amidine groups is 1. The van der Waals surface area contributed by atoms with Crippen LogP contribution in [0.2, 0.25) is 0 Å². The Morgan fingerprint density at radius 3 is 3.08 bits per heavy atom. The van der Waals surface area contributed by atoms with Crippen molar-refractivity contribution >= 4 is 28.9 Å². The highest BCUT2D eigenvalue weighted by molar-refractivity contribution is 7.98. The van der Waals surface area contributed by atoms with Gasteiger partial charge in [0.25, 0.3) is 0 Å². The maximum atomic E-state index is 7.20. The summed E-state index contributed by atoms with van der Waals surface area (Å²) in [6.07, 6.45) is 2.87. The van der Waals surface area contributed by atoms with Gasteiger partial charge in [0.2, 0.25) is 0 Å². The Morgan fingerprint density at radius 1 is 1.77 bits per heavy atom. The molecular formula is C8H13N3S2. The van der Waals surface area contributed by atoms with Gasteiger partial charge in [-0.25, -0.2) is 4.98 Å². The molecule has 0 radical (unpaired) electrons. The van der Waals surface area contributed by atoms with E-state index in [9.17, 15) is 0 Å². The lowest BCUT2D eigenvalue weighted by Gasteiger charge is -1.93. The van der Waals surface area contributed by atoms with Crippen LogP contribution in [0.15, 0.2) is 6.20 Å². The van der Waals surface area contributed by atoms with Crippen molar-refractivity contribution in [2.45, 2.75) is 19.1 Å². The smallest absolute Gasteiger partial charge is 0.134 e. The second-order valence-corrected chi connectivity index (χ2v) is 4.80. The van der Waals surface area contributed by atoms with Gasteiger partial charge in [0.15, 0.2) is 0 Å². The Balaban J connectivity index is 2.44. The van der Waals surface area contributed by atoms with E-state index in [0.29, 0.717) is 0 Å². The van der Waals surface area contributed by atoms with E-state index in [-0.39, 0.29) is 5.84 Å². The molecule has 72 valence electrons. The number of hydrogen-bond acceptors (Lipinski definition) is 4. The number of nitrogens with two attached hydrogens (primary N) is 1. The molecule has 0 saturated carbocycles. The summed E-state index contributed by atoms with van der Waals surface area (Å²) < 4.78 is 0. The largest absolute Gasteiger partial charge is 0.383 e. The standard InChI is InChI=1S/C8H13N3S2/c1-2-3-12-5-7-11-4-6(13-7)8(9)10/h4H,2-3,5H2,1H3,(H3,9,10). The van der Waals surface area contributed by atoms with Gasteiger partial charge in [-0.1, -0.05) is 6.92 Å².